The molecule has 114 valence electrons. The molecule has 0 heterocycles. The molecule has 0 amide bonds. The monoisotopic (exact) mass is 293 g/mol. The lowest BCUT2D eigenvalue weighted by Gasteiger charge is -2.18. The van der Waals surface area contributed by atoms with Crippen LogP contribution in [0.2, 0.25) is 0 Å². The van der Waals surface area contributed by atoms with Crippen molar-refractivity contribution in [3.8, 4) is 5.75 Å². The van der Waals surface area contributed by atoms with Gasteiger partial charge in [0.25, 0.3) is 0 Å². The van der Waals surface area contributed by atoms with Crippen molar-refractivity contribution in [1.29, 1.82) is 0 Å². The van der Waals surface area contributed by atoms with E-state index in [4.69, 9.17) is 4.74 Å². The zero-order chi connectivity index (χ0) is 15.2. The average molecular weight is 293 g/mol. The molecule has 0 radical (unpaired) electrons. The molecule has 0 aliphatic heterocycles. The molecule has 0 fully saturated rings. The number of hydrogen-bond donors (Lipinski definition) is 1. The van der Waals surface area contributed by atoms with E-state index < -0.39 is 25.0 Å². The number of nitrogens with one attached hydrogen (secondary N) is 1. The fraction of sp³-hybridized carbons (Fsp3) is 0.571. The number of ether oxygens (including phenoxy) is 1. The molecule has 0 spiro atoms. The van der Waals surface area contributed by atoms with Gasteiger partial charge in [0.2, 0.25) is 0 Å². The molecule has 1 rings (SSSR count). The molecular weight excluding hydrogens is 274 g/mol. The summed E-state index contributed by atoms with van der Waals surface area (Å²) in [6, 6.07) is 3.65. The van der Waals surface area contributed by atoms with E-state index in [1.165, 1.54) is 18.2 Å². The largest absolute Gasteiger partial charge is 0.493 e. The first-order valence-electron chi connectivity index (χ1n) is 6.56. The second-order valence-electron chi connectivity index (χ2n) is 4.57. The Balaban J connectivity index is 2.74. The van der Waals surface area contributed by atoms with Gasteiger partial charge in [0.05, 0.1) is 13.0 Å². The van der Waals surface area contributed by atoms with E-state index in [1.54, 1.807) is 0 Å². The number of rotatable bonds is 7. The van der Waals surface area contributed by atoms with Crippen molar-refractivity contribution in [3.63, 3.8) is 0 Å². The normalized spacial score (nSPS) is 13.3. The number of hydrogen-bond acceptors (Lipinski definition) is 2. The van der Waals surface area contributed by atoms with Crippen LogP contribution < -0.4 is 10.1 Å². The average Bonchev–Trinajstić information content (AvgIpc) is 2.36. The summed E-state index contributed by atoms with van der Waals surface area (Å²) in [6.07, 6.45) is -4.38. The van der Waals surface area contributed by atoms with E-state index in [9.17, 15) is 17.6 Å². The fourth-order valence-electron chi connectivity index (χ4n) is 1.74. The molecular formula is C14H19F4NO. The quantitative estimate of drug-likeness (QED) is 0.760. The van der Waals surface area contributed by atoms with E-state index in [0.717, 1.165) is 13.0 Å². The Bertz CT molecular complexity index is 420. The minimum atomic E-state index is -4.26. The van der Waals surface area contributed by atoms with Gasteiger partial charge in [-0.3, -0.25) is 0 Å². The van der Waals surface area contributed by atoms with Crippen molar-refractivity contribution in [2.45, 2.75) is 38.9 Å². The molecule has 0 aliphatic carbocycles. The van der Waals surface area contributed by atoms with Crippen LogP contribution in [0.1, 0.15) is 38.3 Å². The van der Waals surface area contributed by atoms with Crippen LogP contribution in [0.4, 0.5) is 17.6 Å². The molecule has 0 aliphatic rings. The molecule has 1 N–H and O–H groups in total. The summed E-state index contributed by atoms with van der Waals surface area (Å²) in [5, 5.41) is 3.15. The summed E-state index contributed by atoms with van der Waals surface area (Å²) < 4.78 is 54.7. The van der Waals surface area contributed by atoms with Gasteiger partial charge in [-0.15, -0.1) is 0 Å². The molecule has 1 atom stereocenters. The van der Waals surface area contributed by atoms with Crippen LogP contribution in [0.25, 0.3) is 0 Å². The third-order valence-electron chi connectivity index (χ3n) is 2.78. The fourth-order valence-corrected chi connectivity index (χ4v) is 1.74. The number of halogens is 4. The SMILES string of the molecule is CCCNC(C)c1cc(F)ccc1OCCC(F)(F)F. The van der Waals surface area contributed by atoms with Gasteiger partial charge in [0, 0.05) is 11.6 Å². The first kappa shape index (κ1) is 16.8. The van der Waals surface area contributed by atoms with E-state index in [0.29, 0.717) is 5.56 Å². The third kappa shape index (κ3) is 5.77. The smallest absolute Gasteiger partial charge is 0.392 e. The zero-order valence-electron chi connectivity index (χ0n) is 11.6. The summed E-state index contributed by atoms with van der Waals surface area (Å²) in [6.45, 7) is 4.08. The first-order chi connectivity index (χ1) is 9.33. The summed E-state index contributed by atoms with van der Waals surface area (Å²) in [5.41, 5.74) is 0.528. The van der Waals surface area contributed by atoms with Gasteiger partial charge in [-0.1, -0.05) is 6.92 Å². The van der Waals surface area contributed by atoms with Crippen molar-refractivity contribution in [2.75, 3.05) is 13.2 Å². The maximum absolute atomic E-state index is 13.3. The maximum Gasteiger partial charge on any atom is 0.392 e. The van der Waals surface area contributed by atoms with Crippen LogP contribution in [0, 0.1) is 5.82 Å². The van der Waals surface area contributed by atoms with Crippen LogP contribution in [0.5, 0.6) is 5.75 Å². The Hall–Kier alpha value is -1.30. The van der Waals surface area contributed by atoms with E-state index in [-0.39, 0.29) is 11.8 Å². The van der Waals surface area contributed by atoms with Crippen molar-refractivity contribution in [2.24, 2.45) is 0 Å². The minimum absolute atomic E-state index is 0.188. The lowest BCUT2D eigenvalue weighted by molar-refractivity contribution is -0.139. The molecule has 20 heavy (non-hydrogen) atoms. The van der Waals surface area contributed by atoms with Crippen molar-refractivity contribution in [1.82, 2.24) is 5.32 Å². The summed E-state index contributed by atoms with van der Waals surface area (Å²) in [4.78, 5) is 0. The van der Waals surface area contributed by atoms with Crippen molar-refractivity contribution >= 4 is 0 Å². The molecule has 1 aromatic rings. The highest BCUT2D eigenvalue weighted by atomic mass is 19.4. The van der Waals surface area contributed by atoms with E-state index in [2.05, 4.69) is 5.32 Å². The van der Waals surface area contributed by atoms with Gasteiger partial charge in [-0.05, 0) is 38.1 Å². The molecule has 0 saturated heterocycles. The Labute approximate surface area is 116 Å². The maximum atomic E-state index is 13.3. The van der Waals surface area contributed by atoms with Gasteiger partial charge < -0.3 is 10.1 Å². The zero-order valence-corrected chi connectivity index (χ0v) is 11.6. The Morgan fingerprint density at radius 3 is 2.60 bits per heavy atom. The van der Waals surface area contributed by atoms with E-state index >= 15 is 0 Å². The highest BCUT2D eigenvalue weighted by Crippen LogP contribution is 2.27. The Kier molecular flexibility index (Phi) is 6.26. The molecule has 6 heteroatoms. The van der Waals surface area contributed by atoms with Gasteiger partial charge in [0.1, 0.15) is 11.6 Å². The standard InChI is InChI=1S/C14H19F4NO/c1-3-7-19-10(2)12-9-11(15)4-5-13(12)20-8-6-14(16,17)18/h4-5,9-10,19H,3,6-8H2,1-2H3. The Morgan fingerprint density at radius 1 is 1.30 bits per heavy atom. The molecule has 0 bridgehead atoms. The van der Waals surface area contributed by atoms with Gasteiger partial charge in [0.15, 0.2) is 0 Å². The molecule has 0 saturated carbocycles. The van der Waals surface area contributed by atoms with E-state index in [1.807, 2.05) is 13.8 Å². The molecule has 2 nitrogen and oxygen atoms in total. The van der Waals surface area contributed by atoms with Crippen LogP contribution in [0.3, 0.4) is 0 Å². The number of benzene rings is 1. The molecule has 1 unspecified atom stereocenters. The van der Waals surface area contributed by atoms with Gasteiger partial charge in [-0.25, -0.2) is 4.39 Å². The van der Waals surface area contributed by atoms with Crippen molar-refractivity contribution in [3.05, 3.63) is 29.6 Å². The summed E-state index contributed by atoms with van der Waals surface area (Å²) >= 11 is 0. The van der Waals surface area contributed by atoms with Gasteiger partial charge in [-0.2, -0.15) is 13.2 Å². The summed E-state index contributed by atoms with van der Waals surface area (Å²) in [5.74, 6) is -0.153. The summed E-state index contributed by atoms with van der Waals surface area (Å²) in [7, 11) is 0. The van der Waals surface area contributed by atoms with Crippen molar-refractivity contribution < 1.29 is 22.3 Å². The molecule has 0 aromatic heterocycles. The highest BCUT2D eigenvalue weighted by Gasteiger charge is 2.27. The minimum Gasteiger partial charge on any atom is -0.493 e. The van der Waals surface area contributed by atoms with Crippen LogP contribution in [-0.2, 0) is 0 Å². The van der Waals surface area contributed by atoms with Crippen LogP contribution >= 0.6 is 0 Å². The Morgan fingerprint density at radius 2 is 2.00 bits per heavy atom. The lowest BCUT2D eigenvalue weighted by atomic mass is 10.1. The predicted molar refractivity (Wildman–Crippen MR) is 69.3 cm³/mol. The van der Waals surface area contributed by atoms with Crippen LogP contribution in [0.15, 0.2) is 18.2 Å². The second kappa shape index (κ2) is 7.47. The topological polar surface area (TPSA) is 21.3 Å². The second-order valence-corrected chi connectivity index (χ2v) is 4.57. The lowest BCUT2D eigenvalue weighted by Crippen LogP contribution is -2.20. The first-order valence-corrected chi connectivity index (χ1v) is 6.56. The van der Waals surface area contributed by atoms with Gasteiger partial charge >= 0.3 is 6.18 Å². The number of alkyl halides is 3. The molecule has 1 aromatic carbocycles. The predicted octanol–water partition coefficient (Wildman–Crippen LogP) is 4.22. The van der Waals surface area contributed by atoms with Crippen LogP contribution in [-0.4, -0.2) is 19.3 Å². The third-order valence-corrected chi connectivity index (χ3v) is 2.78. The highest BCUT2D eigenvalue weighted by molar-refractivity contribution is 5.36.